The van der Waals surface area contributed by atoms with Crippen molar-refractivity contribution in [3.63, 3.8) is 0 Å². The third kappa shape index (κ3) is 2.96. The summed E-state index contributed by atoms with van der Waals surface area (Å²) in [6.45, 7) is 4.30. The van der Waals surface area contributed by atoms with Gasteiger partial charge in [0, 0.05) is 12.7 Å². The maximum atomic E-state index is 9.42. The van der Waals surface area contributed by atoms with Gasteiger partial charge in [-0.2, -0.15) is 0 Å². The Morgan fingerprint density at radius 3 is 2.68 bits per heavy atom. The van der Waals surface area contributed by atoms with Gasteiger partial charge in [0.05, 0.1) is 17.2 Å². The van der Waals surface area contributed by atoms with Gasteiger partial charge in [0.25, 0.3) is 0 Å². The van der Waals surface area contributed by atoms with E-state index in [1.54, 1.807) is 11.3 Å². The zero-order valence-electron chi connectivity index (χ0n) is 11.7. The van der Waals surface area contributed by atoms with E-state index in [2.05, 4.69) is 35.9 Å². The second-order valence-corrected chi connectivity index (χ2v) is 5.68. The van der Waals surface area contributed by atoms with Crippen LogP contribution in [0, 0.1) is 6.92 Å². The van der Waals surface area contributed by atoms with Crippen molar-refractivity contribution >= 4 is 22.2 Å². The van der Waals surface area contributed by atoms with Crippen molar-refractivity contribution in [3.05, 3.63) is 40.4 Å². The predicted octanol–water partition coefficient (Wildman–Crippen LogP) is 3.66. The van der Waals surface area contributed by atoms with Crippen LogP contribution in [-0.2, 0) is 13.0 Å². The minimum atomic E-state index is 0.0780. The second-order valence-electron chi connectivity index (χ2n) is 4.62. The van der Waals surface area contributed by atoms with E-state index < -0.39 is 0 Å². The van der Waals surface area contributed by atoms with Crippen LogP contribution in [0.2, 0.25) is 0 Å². The molecule has 2 aromatic rings. The van der Waals surface area contributed by atoms with Gasteiger partial charge in [-0.1, -0.05) is 42.9 Å². The summed E-state index contributed by atoms with van der Waals surface area (Å²) >= 11 is 1.58. The summed E-state index contributed by atoms with van der Waals surface area (Å²) in [5.74, 6) is 0. The van der Waals surface area contributed by atoms with Crippen LogP contribution in [0.15, 0.2) is 24.3 Å². The van der Waals surface area contributed by atoms with Crippen LogP contribution in [0.1, 0.15) is 29.5 Å². The number of para-hydroxylation sites is 1. The van der Waals surface area contributed by atoms with Gasteiger partial charge in [0.1, 0.15) is 0 Å². The number of aromatic nitrogens is 1. The van der Waals surface area contributed by atoms with E-state index in [4.69, 9.17) is 0 Å². The summed E-state index contributed by atoms with van der Waals surface area (Å²) < 4.78 is 0. The molecule has 1 aromatic carbocycles. The van der Waals surface area contributed by atoms with Crippen molar-refractivity contribution < 1.29 is 5.11 Å². The summed E-state index contributed by atoms with van der Waals surface area (Å²) in [5.41, 5.74) is 3.41. The predicted molar refractivity (Wildman–Crippen MR) is 81.3 cm³/mol. The van der Waals surface area contributed by atoms with Crippen molar-refractivity contribution in [2.24, 2.45) is 0 Å². The number of anilines is 2. The monoisotopic (exact) mass is 276 g/mol. The molecular weight excluding hydrogens is 256 g/mol. The number of thiazole rings is 1. The number of aliphatic hydroxyl groups excluding tert-OH is 1. The lowest BCUT2D eigenvalue weighted by molar-refractivity contribution is 0.284. The Bertz CT molecular complexity index is 551. The minimum Gasteiger partial charge on any atom is -0.391 e. The first-order valence-corrected chi connectivity index (χ1v) is 7.37. The standard InChI is InChI=1S/C15H20N2OS/c1-4-7-12-14(10-18)19-15(16-12)17(3)13-9-6-5-8-11(13)2/h5-6,8-9,18H,4,7,10H2,1-3H3. The smallest absolute Gasteiger partial charge is 0.190 e. The lowest BCUT2D eigenvalue weighted by atomic mass is 10.2. The van der Waals surface area contributed by atoms with Gasteiger partial charge in [-0.15, -0.1) is 0 Å². The number of rotatable bonds is 5. The van der Waals surface area contributed by atoms with E-state index in [0.717, 1.165) is 34.2 Å². The molecule has 0 aliphatic heterocycles. The quantitative estimate of drug-likeness (QED) is 0.905. The number of nitrogens with zero attached hydrogens (tertiary/aromatic N) is 2. The molecule has 1 heterocycles. The molecule has 0 bridgehead atoms. The minimum absolute atomic E-state index is 0.0780. The molecule has 2 rings (SSSR count). The highest BCUT2D eigenvalue weighted by Crippen LogP contribution is 2.32. The first-order chi connectivity index (χ1) is 9.17. The number of benzene rings is 1. The van der Waals surface area contributed by atoms with E-state index >= 15 is 0 Å². The summed E-state index contributed by atoms with van der Waals surface area (Å²) in [7, 11) is 2.03. The maximum Gasteiger partial charge on any atom is 0.190 e. The fourth-order valence-corrected chi connectivity index (χ4v) is 3.05. The Labute approximate surface area is 118 Å². The van der Waals surface area contributed by atoms with Crippen LogP contribution in [0.25, 0.3) is 0 Å². The third-order valence-electron chi connectivity index (χ3n) is 3.16. The molecule has 3 nitrogen and oxygen atoms in total. The van der Waals surface area contributed by atoms with E-state index in [9.17, 15) is 5.11 Å². The molecule has 0 aliphatic rings. The first-order valence-electron chi connectivity index (χ1n) is 6.56. The first kappa shape index (κ1) is 14.0. The molecule has 0 atom stereocenters. The molecule has 0 fully saturated rings. The summed E-state index contributed by atoms with van der Waals surface area (Å²) in [5, 5.41) is 10.4. The van der Waals surface area contributed by atoms with Gasteiger partial charge >= 0.3 is 0 Å². The van der Waals surface area contributed by atoms with Gasteiger partial charge in [0.15, 0.2) is 5.13 Å². The Hall–Kier alpha value is -1.39. The molecule has 0 amide bonds. The van der Waals surface area contributed by atoms with E-state index in [1.807, 2.05) is 19.2 Å². The average molecular weight is 276 g/mol. The van der Waals surface area contributed by atoms with Crippen molar-refractivity contribution in [1.29, 1.82) is 0 Å². The van der Waals surface area contributed by atoms with Crippen LogP contribution in [0.3, 0.4) is 0 Å². The molecule has 1 aromatic heterocycles. The Kier molecular flexibility index (Phi) is 4.56. The maximum absolute atomic E-state index is 9.42. The third-order valence-corrected chi connectivity index (χ3v) is 4.32. The lowest BCUT2D eigenvalue weighted by Crippen LogP contribution is -2.10. The van der Waals surface area contributed by atoms with Crippen LogP contribution in [0.5, 0.6) is 0 Å². The largest absolute Gasteiger partial charge is 0.391 e. The molecule has 0 saturated carbocycles. The second kappa shape index (κ2) is 6.17. The zero-order valence-corrected chi connectivity index (χ0v) is 12.5. The van der Waals surface area contributed by atoms with E-state index in [-0.39, 0.29) is 6.61 Å². The van der Waals surface area contributed by atoms with Crippen LogP contribution in [0.4, 0.5) is 10.8 Å². The van der Waals surface area contributed by atoms with Crippen molar-refractivity contribution in [2.45, 2.75) is 33.3 Å². The van der Waals surface area contributed by atoms with Gasteiger partial charge in [0.2, 0.25) is 0 Å². The van der Waals surface area contributed by atoms with Gasteiger partial charge in [-0.25, -0.2) is 4.98 Å². The summed E-state index contributed by atoms with van der Waals surface area (Å²) in [6, 6.07) is 8.26. The van der Waals surface area contributed by atoms with Crippen molar-refractivity contribution in [1.82, 2.24) is 4.98 Å². The van der Waals surface area contributed by atoms with E-state index in [0.29, 0.717) is 0 Å². The summed E-state index contributed by atoms with van der Waals surface area (Å²) in [6.07, 6.45) is 1.97. The molecule has 0 radical (unpaired) electrons. The number of aliphatic hydroxyl groups is 1. The molecule has 0 saturated heterocycles. The molecule has 0 aliphatic carbocycles. The van der Waals surface area contributed by atoms with E-state index in [1.165, 1.54) is 5.56 Å². The molecule has 4 heteroatoms. The molecule has 0 unspecified atom stereocenters. The average Bonchev–Trinajstić information content (AvgIpc) is 2.82. The lowest BCUT2D eigenvalue weighted by Gasteiger charge is -2.18. The summed E-state index contributed by atoms with van der Waals surface area (Å²) in [4.78, 5) is 7.75. The molecular formula is C15H20N2OS. The topological polar surface area (TPSA) is 36.4 Å². The number of hydrogen-bond acceptors (Lipinski definition) is 4. The Balaban J connectivity index is 2.34. The highest BCUT2D eigenvalue weighted by atomic mass is 32.1. The fourth-order valence-electron chi connectivity index (χ4n) is 2.11. The molecule has 19 heavy (non-hydrogen) atoms. The zero-order chi connectivity index (χ0) is 13.8. The highest BCUT2D eigenvalue weighted by molar-refractivity contribution is 7.15. The SMILES string of the molecule is CCCc1nc(N(C)c2ccccc2C)sc1CO. The van der Waals surface area contributed by atoms with Crippen molar-refractivity contribution in [2.75, 3.05) is 11.9 Å². The van der Waals surface area contributed by atoms with Crippen LogP contribution >= 0.6 is 11.3 Å². The molecule has 1 N–H and O–H groups in total. The normalized spacial score (nSPS) is 10.7. The molecule has 0 spiro atoms. The van der Waals surface area contributed by atoms with Crippen molar-refractivity contribution in [3.8, 4) is 0 Å². The number of hydrogen-bond donors (Lipinski definition) is 1. The van der Waals surface area contributed by atoms with Gasteiger partial charge in [-0.3, -0.25) is 0 Å². The van der Waals surface area contributed by atoms with Gasteiger partial charge < -0.3 is 10.0 Å². The highest BCUT2D eigenvalue weighted by Gasteiger charge is 2.14. The number of aryl methyl sites for hydroxylation is 2. The van der Waals surface area contributed by atoms with Gasteiger partial charge in [-0.05, 0) is 25.0 Å². The molecule has 102 valence electrons. The Morgan fingerprint density at radius 2 is 2.05 bits per heavy atom. The van der Waals surface area contributed by atoms with Crippen LogP contribution < -0.4 is 4.90 Å². The fraction of sp³-hybridized carbons (Fsp3) is 0.400. The Morgan fingerprint density at radius 1 is 1.32 bits per heavy atom. The van der Waals surface area contributed by atoms with Crippen LogP contribution in [-0.4, -0.2) is 17.1 Å².